The van der Waals surface area contributed by atoms with E-state index >= 15 is 0 Å². The SMILES string of the molecule is COc1ccc(CNC(C)c2cnn(C)c2)cn1. The summed E-state index contributed by atoms with van der Waals surface area (Å²) in [6.45, 7) is 2.89. The molecule has 1 unspecified atom stereocenters. The summed E-state index contributed by atoms with van der Waals surface area (Å²) in [5.41, 5.74) is 2.31. The van der Waals surface area contributed by atoms with Gasteiger partial charge in [0.2, 0.25) is 5.88 Å². The first-order valence-corrected chi connectivity index (χ1v) is 5.90. The number of aryl methyl sites for hydroxylation is 1. The number of hydrogen-bond donors (Lipinski definition) is 1. The van der Waals surface area contributed by atoms with E-state index in [1.807, 2.05) is 42.5 Å². The van der Waals surface area contributed by atoms with Crippen LogP contribution in [-0.2, 0) is 13.6 Å². The molecule has 18 heavy (non-hydrogen) atoms. The van der Waals surface area contributed by atoms with Gasteiger partial charge in [-0.2, -0.15) is 5.10 Å². The van der Waals surface area contributed by atoms with E-state index in [1.54, 1.807) is 7.11 Å². The number of rotatable bonds is 5. The molecule has 2 rings (SSSR count). The second-order valence-electron chi connectivity index (χ2n) is 4.26. The maximum absolute atomic E-state index is 5.02. The van der Waals surface area contributed by atoms with Crippen LogP contribution in [0, 0.1) is 0 Å². The summed E-state index contributed by atoms with van der Waals surface area (Å²) < 4.78 is 6.83. The number of ether oxygens (including phenoxy) is 1. The minimum Gasteiger partial charge on any atom is -0.481 e. The summed E-state index contributed by atoms with van der Waals surface area (Å²) in [7, 11) is 3.54. The average molecular weight is 246 g/mol. The highest BCUT2D eigenvalue weighted by molar-refractivity contribution is 5.18. The van der Waals surface area contributed by atoms with Gasteiger partial charge >= 0.3 is 0 Å². The van der Waals surface area contributed by atoms with Gasteiger partial charge in [-0.1, -0.05) is 6.07 Å². The molecule has 0 aliphatic heterocycles. The molecule has 1 atom stereocenters. The lowest BCUT2D eigenvalue weighted by atomic mass is 10.2. The van der Waals surface area contributed by atoms with Crippen LogP contribution in [0.1, 0.15) is 24.1 Å². The van der Waals surface area contributed by atoms with E-state index in [0.717, 1.165) is 12.1 Å². The number of pyridine rings is 1. The van der Waals surface area contributed by atoms with Crippen molar-refractivity contribution in [1.29, 1.82) is 0 Å². The van der Waals surface area contributed by atoms with Gasteiger partial charge in [-0.3, -0.25) is 4.68 Å². The van der Waals surface area contributed by atoms with Crippen molar-refractivity contribution in [3.05, 3.63) is 41.9 Å². The lowest BCUT2D eigenvalue weighted by Crippen LogP contribution is -2.17. The van der Waals surface area contributed by atoms with Crippen molar-refractivity contribution in [3.8, 4) is 5.88 Å². The first-order valence-electron chi connectivity index (χ1n) is 5.90. The molecule has 0 saturated carbocycles. The molecule has 0 radical (unpaired) electrons. The second-order valence-corrected chi connectivity index (χ2v) is 4.26. The molecule has 2 aromatic rings. The molecule has 1 N–H and O–H groups in total. The normalized spacial score (nSPS) is 12.4. The summed E-state index contributed by atoms with van der Waals surface area (Å²) in [6, 6.07) is 4.14. The monoisotopic (exact) mass is 246 g/mol. The van der Waals surface area contributed by atoms with E-state index in [0.29, 0.717) is 5.88 Å². The maximum atomic E-state index is 5.02. The zero-order valence-electron chi connectivity index (χ0n) is 10.9. The quantitative estimate of drug-likeness (QED) is 0.872. The largest absolute Gasteiger partial charge is 0.481 e. The van der Waals surface area contributed by atoms with E-state index < -0.39 is 0 Å². The Hall–Kier alpha value is -1.88. The number of nitrogens with zero attached hydrogens (tertiary/aromatic N) is 3. The molecule has 0 fully saturated rings. The zero-order valence-corrected chi connectivity index (χ0v) is 10.9. The molecule has 96 valence electrons. The Morgan fingerprint density at radius 3 is 2.78 bits per heavy atom. The third kappa shape index (κ3) is 3.07. The summed E-state index contributed by atoms with van der Waals surface area (Å²) >= 11 is 0. The van der Waals surface area contributed by atoms with Crippen LogP contribution in [0.25, 0.3) is 0 Å². The molecule has 2 heterocycles. The molecule has 0 aromatic carbocycles. The fourth-order valence-electron chi connectivity index (χ4n) is 1.69. The Balaban J connectivity index is 1.90. The van der Waals surface area contributed by atoms with Crippen LogP contribution in [0.3, 0.4) is 0 Å². The van der Waals surface area contributed by atoms with Crippen LogP contribution in [0.4, 0.5) is 0 Å². The van der Waals surface area contributed by atoms with E-state index in [-0.39, 0.29) is 6.04 Å². The second kappa shape index (κ2) is 5.64. The smallest absolute Gasteiger partial charge is 0.212 e. The summed E-state index contributed by atoms with van der Waals surface area (Å²) in [6.07, 6.45) is 5.72. The minimum absolute atomic E-state index is 0.265. The van der Waals surface area contributed by atoms with E-state index in [4.69, 9.17) is 4.74 Å². The summed E-state index contributed by atoms with van der Waals surface area (Å²) in [4.78, 5) is 4.17. The topological polar surface area (TPSA) is 52.0 Å². The number of aromatic nitrogens is 3. The van der Waals surface area contributed by atoms with Crippen molar-refractivity contribution < 1.29 is 4.74 Å². The van der Waals surface area contributed by atoms with Crippen molar-refractivity contribution in [3.63, 3.8) is 0 Å². The third-order valence-corrected chi connectivity index (χ3v) is 2.84. The van der Waals surface area contributed by atoms with Crippen LogP contribution in [0.15, 0.2) is 30.7 Å². The van der Waals surface area contributed by atoms with Gasteiger partial charge in [0.25, 0.3) is 0 Å². The van der Waals surface area contributed by atoms with Crippen LogP contribution in [0.5, 0.6) is 5.88 Å². The predicted molar refractivity (Wildman–Crippen MR) is 69.3 cm³/mol. The first-order chi connectivity index (χ1) is 8.69. The average Bonchev–Trinajstić information content (AvgIpc) is 2.83. The Morgan fingerprint density at radius 2 is 2.22 bits per heavy atom. The van der Waals surface area contributed by atoms with Gasteiger partial charge in [-0.15, -0.1) is 0 Å². The van der Waals surface area contributed by atoms with Gasteiger partial charge in [-0.25, -0.2) is 4.98 Å². The van der Waals surface area contributed by atoms with Crippen LogP contribution >= 0.6 is 0 Å². The molecule has 0 aliphatic rings. The Bertz CT molecular complexity index is 492. The first kappa shape index (κ1) is 12.6. The van der Waals surface area contributed by atoms with E-state index in [2.05, 4.69) is 22.3 Å². The molecule has 0 saturated heterocycles. The van der Waals surface area contributed by atoms with Crippen molar-refractivity contribution in [1.82, 2.24) is 20.1 Å². The third-order valence-electron chi connectivity index (χ3n) is 2.84. The summed E-state index contributed by atoms with van der Waals surface area (Å²) in [5, 5.41) is 7.60. The molecular formula is C13H18N4O. The summed E-state index contributed by atoms with van der Waals surface area (Å²) in [5.74, 6) is 0.638. The molecule has 2 aromatic heterocycles. The van der Waals surface area contributed by atoms with Gasteiger partial charge in [0, 0.05) is 43.7 Å². The van der Waals surface area contributed by atoms with Crippen LogP contribution in [-0.4, -0.2) is 21.9 Å². The highest BCUT2D eigenvalue weighted by Crippen LogP contribution is 2.12. The lowest BCUT2D eigenvalue weighted by Gasteiger charge is -2.11. The minimum atomic E-state index is 0.265. The van der Waals surface area contributed by atoms with Crippen molar-refractivity contribution in [2.45, 2.75) is 19.5 Å². The standard InChI is InChI=1S/C13H18N4O/c1-10(12-8-16-17(2)9-12)14-6-11-4-5-13(18-3)15-7-11/h4-5,7-10,14H,6H2,1-3H3. The van der Waals surface area contributed by atoms with Crippen molar-refractivity contribution >= 4 is 0 Å². The molecule has 5 heteroatoms. The van der Waals surface area contributed by atoms with Gasteiger partial charge in [-0.05, 0) is 12.5 Å². The highest BCUT2D eigenvalue weighted by atomic mass is 16.5. The fraction of sp³-hybridized carbons (Fsp3) is 0.385. The van der Waals surface area contributed by atoms with Gasteiger partial charge in [0.05, 0.1) is 13.3 Å². The maximum Gasteiger partial charge on any atom is 0.212 e. The van der Waals surface area contributed by atoms with Crippen LogP contribution in [0.2, 0.25) is 0 Å². The molecule has 0 bridgehead atoms. The van der Waals surface area contributed by atoms with Crippen molar-refractivity contribution in [2.75, 3.05) is 7.11 Å². The van der Waals surface area contributed by atoms with E-state index in [9.17, 15) is 0 Å². The molecule has 5 nitrogen and oxygen atoms in total. The van der Waals surface area contributed by atoms with Gasteiger partial charge < -0.3 is 10.1 Å². The Morgan fingerprint density at radius 1 is 1.39 bits per heavy atom. The Kier molecular flexibility index (Phi) is 3.94. The lowest BCUT2D eigenvalue weighted by molar-refractivity contribution is 0.397. The van der Waals surface area contributed by atoms with Crippen LogP contribution < -0.4 is 10.1 Å². The predicted octanol–water partition coefficient (Wildman–Crippen LogP) is 1.67. The zero-order chi connectivity index (χ0) is 13.0. The van der Waals surface area contributed by atoms with Crippen molar-refractivity contribution in [2.24, 2.45) is 7.05 Å². The van der Waals surface area contributed by atoms with Gasteiger partial charge in [0.15, 0.2) is 0 Å². The highest BCUT2D eigenvalue weighted by Gasteiger charge is 2.06. The molecular weight excluding hydrogens is 228 g/mol. The van der Waals surface area contributed by atoms with E-state index in [1.165, 1.54) is 5.56 Å². The number of hydrogen-bond acceptors (Lipinski definition) is 4. The molecule has 0 spiro atoms. The van der Waals surface area contributed by atoms with Gasteiger partial charge in [0.1, 0.15) is 0 Å². The number of methoxy groups -OCH3 is 1. The number of nitrogens with one attached hydrogen (secondary N) is 1. The molecule has 0 aliphatic carbocycles. The molecule has 0 amide bonds. The fourth-order valence-corrected chi connectivity index (χ4v) is 1.69. The Labute approximate surface area is 107 Å².